The van der Waals surface area contributed by atoms with Gasteiger partial charge in [0.2, 0.25) is 0 Å². The first kappa shape index (κ1) is 37.5. The van der Waals surface area contributed by atoms with Gasteiger partial charge in [-0.05, 0) is 91.0 Å². The highest BCUT2D eigenvalue weighted by atomic mass is 14.9. The van der Waals surface area contributed by atoms with Crippen molar-refractivity contribution in [1.29, 1.82) is 0 Å². The minimum atomic E-state index is -0.513. The summed E-state index contributed by atoms with van der Waals surface area (Å²) in [7, 11) is 0. The van der Waals surface area contributed by atoms with Crippen molar-refractivity contribution < 1.29 is 0 Å². The first-order valence-corrected chi connectivity index (χ1v) is 21.3. The van der Waals surface area contributed by atoms with E-state index < -0.39 is 5.41 Å². The highest BCUT2D eigenvalue weighted by molar-refractivity contribution is 5.90. The zero-order valence-corrected chi connectivity index (χ0v) is 34.4. The summed E-state index contributed by atoms with van der Waals surface area (Å²) >= 11 is 0. The zero-order valence-electron chi connectivity index (χ0n) is 34.4. The van der Waals surface area contributed by atoms with Crippen LogP contribution in [0.15, 0.2) is 237 Å². The van der Waals surface area contributed by atoms with Gasteiger partial charge in [0.1, 0.15) is 0 Å². The Hall–Kier alpha value is -8.45. The van der Waals surface area contributed by atoms with Crippen molar-refractivity contribution in [2.45, 2.75) is 5.41 Å². The van der Waals surface area contributed by atoms with Crippen LogP contribution in [0, 0.1) is 6.57 Å². The summed E-state index contributed by atoms with van der Waals surface area (Å²) in [6.45, 7) is 7.89. The molecule has 63 heavy (non-hydrogen) atoms. The van der Waals surface area contributed by atoms with E-state index in [-0.39, 0.29) is 0 Å². The minimum absolute atomic E-state index is 0.513. The van der Waals surface area contributed by atoms with Crippen LogP contribution < -0.4 is 0 Å². The molecule has 1 aliphatic rings. The van der Waals surface area contributed by atoms with Gasteiger partial charge in [0.15, 0.2) is 11.5 Å². The van der Waals surface area contributed by atoms with Crippen LogP contribution >= 0.6 is 0 Å². The fourth-order valence-corrected chi connectivity index (χ4v) is 9.37. The van der Waals surface area contributed by atoms with Crippen LogP contribution in [0.2, 0.25) is 0 Å². The molecule has 0 saturated carbocycles. The quantitative estimate of drug-likeness (QED) is 0.143. The summed E-state index contributed by atoms with van der Waals surface area (Å²) in [6, 6.07) is 83.4. The Labute approximate surface area is 368 Å². The Morgan fingerprint density at radius 3 is 1.32 bits per heavy atom. The number of fused-ring (bicyclic) bond motifs is 3. The van der Waals surface area contributed by atoms with Gasteiger partial charge in [-0.15, -0.1) is 0 Å². The molecule has 0 unspecified atom stereocenters. The van der Waals surface area contributed by atoms with Crippen molar-refractivity contribution in [3.05, 3.63) is 270 Å². The van der Waals surface area contributed by atoms with Gasteiger partial charge in [0, 0.05) is 16.7 Å². The van der Waals surface area contributed by atoms with Crippen LogP contribution in [0.5, 0.6) is 0 Å². The molecule has 9 aromatic carbocycles. The summed E-state index contributed by atoms with van der Waals surface area (Å²) in [6.07, 6.45) is 0. The first-order chi connectivity index (χ1) is 31.2. The normalized spacial score (nSPS) is 12.2. The monoisotopic (exact) mass is 801 g/mol. The third-order valence-electron chi connectivity index (χ3n) is 12.4. The van der Waals surface area contributed by atoms with Gasteiger partial charge < -0.3 is 0 Å². The lowest BCUT2D eigenvalue weighted by molar-refractivity contribution is 0.768. The molecule has 0 atom stereocenters. The molecule has 1 aliphatic carbocycles. The highest BCUT2D eigenvalue weighted by Gasteiger charge is 2.46. The zero-order chi connectivity index (χ0) is 42.2. The summed E-state index contributed by atoms with van der Waals surface area (Å²) in [5, 5.41) is 0. The molecule has 11 rings (SSSR count). The van der Waals surface area contributed by atoms with Crippen LogP contribution in [-0.2, 0) is 5.41 Å². The van der Waals surface area contributed by atoms with Crippen molar-refractivity contribution in [1.82, 2.24) is 9.97 Å². The van der Waals surface area contributed by atoms with Crippen molar-refractivity contribution in [3.8, 4) is 78.4 Å². The van der Waals surface area contributed by atoms with Gasteiger partial charge in [-0.1, -0.05) is 212 Å². The fraction of sp³-hybridized carbons (Fsp3) is 0.0167. The second-order valence-electron chi connectivity index (χ2n) is 16.0. The average Bonchev–Trinajstić information content (AvgIpc) is 3.67. The predicted octanol–water partition coefficient (Wildman–Crippen LogP) is 15.4. The van der Waals surface area contributed by atoms with E-state index in [1.165, 1.54) is 33.4 Å². The number of nitrogens with zero attached hydrogens (tertiary/aromatic N) is 3. The Balaban J connectivity index is 0.953. The van der Waals surface area contributed by atoms with Crippen molar-refractivity contribution >= 4 is 5.69 Å². The van der Waals surface area contributed by atoms with E-state index in [4.69, 9.17) is 16.5 Å². The molecule has 0 bridgehead atoms. The number of benzene rings is 9. The van der Waals surface area contributed by atoms with Crippen molar-refractivity contribution in [2.24, 2.45) is 0 Å². The predicted molar refractivity (Wildman–Crippen MR) is 258 cm³/mol. The van der Waals surface area contributed by atoms with Crippen LogP contribution in [-0.4, -0.2) is 9.97 Å². The second kappa shape index (κ2) is 15.9. The minimum Gasteiger partial charge on any atom is -0.238 e. The second-order valence-corrected chi connectivity index (χ2v) is 16.0. The summed E-state index contributed by atoms with van der Waals surface area (Å²) in [5.41, 5.74) is 18.8. The van der Waals surface area contributed by atoms with Crippen LogP contribution in [0.3, 0.4) is 0 Å². The van der Waals surface area contributed by atoms with E-state index in [9.17, 15) is 0 Å². The number of hydrogen-bond donors (Lipinski definition) is 0. The van der Waals surface area contributed by atoms with E-state index >= 15 is 0 Å². The molecule has 0 fully saturated rings. The molecule has 0 aliphatic heterocycles. The van der Waals surface area contributed by atoms with Crippen LogP contribution in [0.4, 0.5) is 5.69 Å². The molecule has 0 saturated heterocycles. The van der Waals surface area contributed by atoms with E-state index in [0.717, 1.165) is 61.5 Å². The largest absolute Gasteiger partial charge is 0.238 e. The smallest absolute Gasteiger partial charge is 0.187 e. The molecule has 0 spiro atoms. The van der Waals surface area contributed by atoms with Crippen LogP contribution in [0.1, 0.15) is 22.3 Å². The molecule has 0 N–H and O–H groups in total. The first-order valence-electron chi connectivity index (χ1n) is 21.3. The molecule has 3 heteroatoms. The molecule has 0 radical (unpaired) electrons. The third-order valence-corrected chi connectivity index (χ3v) is 12.4. The standard InChI is InChI=1S/C60H39N3/c1-61-52-34-36-56-54(39-52)53-38-48(33-35-55(53)60(56,50-21-10-4-11-22-50)51-23-12-5-13-24-51)44-27-25-43(26-28-44)47-19-14-20-49(37-47)58-40-57(62-59(63-58)46-17-8-3-9-18-46)45-31-29-42(30-32-45)41-15-6-2-7-16-41/h2-40H. The molecular formula is C60H39N3. The molecular weight excluding hydrogens is 763 g/mol. The molecule has 294 valence electrons. The summed E-state index contributed by atoms with van der Waals surface area (Å²) in [4.78, 5) is 14.1. The fourth-order valence-electron chi connectivity index (χ4n) is 9.37. The summed E-state index contributed by atoms with van der Waals surface area (Å²) in [5.74, 6) is 0.692. The lowest BCUT2D eigenvalue weighted by atomic mass is 9.67. The van der Waals surface area contributed by atoms with Gasteiger partial charge in [-0.2, -0.15) is 0 Å². The molecule has 10 aromatic rings. The third kappa shape index (κ3) is 6.72. The van der Waals surface area contributed by atoms with Gasteiger partial charge in [0.25, 0.3) is 0 Å². The Kier molecular flexibility index (Phi) is 9.45. The van der Waals surface area contributed by atoms with Gasteiger partial charge in [-0.25, -0.2) is 14.8 Å². The topological polar surface area (TPSA) is 30.1 Å². The maximum absolute atomic E-state index is 7.89. The Morgan fingerprint density at radius 2 is 0.730 bits per heavy atom. The Bertz CT molecular complexity index is 3260. The van der Waals surface area contributed by atoms with Crippen LogP contribution in [0.25, 0.3) is 83.3 Å². The molecule has 0 amide bonds. The van der Waals surface area contributed by atoms with Gasteiger partial charge >= 0.3 is 0 Å². The lowest BCUT2D eigenvalue weighted by Crippen LogP contribution is -2.28. The average molecular weight is 802 g/mol. The van der Waals surface area contributed by atoms with Crippen molar-refractivity contribution in [3.63, 3.8) is 0 Å². The van der Waals surface area contributed by atoms with Crippen molar-refractivity contribution in [2.75, 3.05) is 0 Å². The van der Waals surface area contributed by atoms with E-state index in [1.54, 1.807) is 0 Å². The highest BCUT2D eigenvalue weighted by Crippen LogP contribution is 2.57. The van der Waals surface area contributed by atoms with E-state index in [0.29, 0.717) is 11.5 Å². The molecule has 1 aromatic heterocycles. The van der Waals surface area contributed by atoms with Gasteiger partial charge in [-0.3, -0.25) is 0 Å². The van der Waals surface area contributed by atoms with E-state index in [2.05, 4.69) is 211 Å². The lowest BCUT2D eigenvalue weighted by Gasteiger charge is -2.34. The number of rotatable bonds is 8. The SMILES string of the molecule is [C-]#[N+]c1ccc2c(c1)-c1cc(-c3ccc(-c4cccc(-c5cc(-c6ccc(-c7ccccc7)cc6)nc(-c6ccccc6)n5)c4)cc3)ccc1C2(c1ccccc1)c1ccccc1. The Morgan fingerprint density at radius 1 is 0.317 bits per heavy atom. The molecule has 3 nitrogen and oxygen atoms in total. The van der Waals surface area contributed by atoms with Gasteiger partial charge in [0.05, 0.1) is 23.4 Å². The number of aromatic nitrogens is 2. The number of hydrogen-bond acceptors (Lipinski definition) is 2. The summed E-state index contributed by atoms with van der Waals surface area (Å²) < 4.78 is 0. The maximum Gasteiger partial charge on any atom is 0.187 e. The molecule has 1 heterocycles. The van der Waals surface area contributed by atoms with E-state index in [1.807, 2.05) is 30.3 Å². The maximum atomic E-state index is 7.89.